The van der Waals surface area contributed by atoms with Gasteiger partial charge in [-0.25, -0.2) is 0 Å². The summed E-state index contributed by atoms with van der Waals surface area (Å²) in [6.07, 6.45) is 1.38. The van der Waals surface area contributed by atoms with E-state index in [0.717, 1.165) is 10.2 Å². The zero-order valence-corrected chi connectivity index (χ0v) is 10.7. The fourth-order valence-corrected chi connectivity index (χ4v) is 1.37. The highest BCUT2D eigenvalue weighted by Crippen LogP contribution is 2.16. The number of rotatable bonds is 3. The molecular formula is C12H12BrNO2. The molecule has 0 aliphatic carbocycles. The number of nitrogens with zero attached hydrogens (tertiary/aromatic N) is 1. The van der Waals surface area contributed by atoms with Crippen LogP contribution >= 0.6 is 15.9 Å². The first-order valence-corrected chi connectivity index (χ1v) is 5.50. The molecule has 0 bridgehead atoms. The lowest BCUT2D eigenvalue weighted by molar-refractivity contribution is -0.113. The fraction of sp³-hybridized carbons (Fsp3) is 0.167. The maximum absolute atomic E-state index is 11.1. The van der Waals surface area contributed by atoms with E-state index in [-0.39, 0.29) is 17.1 Å². The summed E-state index contributed by atoms with van der Waals surface area (Å²) in [7, 11) is 0. The first-order valence-electron chi connectivity index (χ1n) is 4.71. The molecule has 0 radical (unpaired) electrons. The van der Waals surface area contributed by atoms with E-state index in [4.69, 9.17) is 0 Å². The maximum Gasteiger partial charge on any atom is 0.164 e. The lowest BCUT2D eigenvalue weighted by Crippen LogP contribution is -2.01. The van der Waals surface area contributed by atoms with Gasteiger partial charge in [0.1, 0.15) is 5.76 Å². The van der Waals surface area contributed by atoms with Crippen LogP contribution in [0, 0.1) is 0 Å². The molecule has 1 rings (SSSR count). The van der Waals surface area contributed by atoms with Crippen LogP contribution in [0.15, 0.2) is 45.1 Å². The number of carbonyl (C=O) groups excluding carboxylic acids is 1. The van der Waals surface area contributed by atoms with Crippen molar-refractivity contribution >= 4 is 33.6 Å². The van der Waals surface area contributed by atoms with Crippen molar-refractivity contribution in [1.29, 1.82) is 0 Å². The number of carbonyl (C=O) groups is 1. The normalized spacial score (nSPS) is 12.7. The monoisotopic (exact) mass is 281 g/mol. The molecule has 0 fully saturated rings. The van der Waals surface area contributed by atoms with E-state index in [1.807, 2.05) is 24.3 Å². The predicted molar refractivity (Wildman–Crippen MR) is 68.3 cm³/mol. The van der Waals surface area contributed by atoms with E-state index < -0.39 is 0 Å². The molecule has 0 spiro atoms. The number of hydrogen-bond donors (Lipinski definition) is 1. The Kier molecular flexibility index (Phi) is 4.43. The standard InChI is InChI=1S/C12H12BrNO2/c1-8(15)12(9(2)16)7-14-11-5-3-10(13)4-6-11/h3-7,15H,1-2H3/b12-8+,14-7?. The molecule has 1 aromatic rings. The minimum Gasteiger partial charge on any atom is -0.512 e. The van der Waals surface area contributed by atoms with Crippen molar-refractivity contribution in [3.63, 3.8) is 0 Å². The Morgan fingerprint density at radius 1 is 1.31 bits per heavy atom. The minimum atomic E-state index is -0.208. The van der Waals surface area contributed by atoms with Gasteiger partial charge in [0, 0.05) is 10.7 Å². The molecule has 84 valence electrons. The highest BCUT2D eigenvalue weighted by Gasteiger charge is 2.04. The van der Waals surface area contributed by atoms with Gasteiger partial charge >= 0.3 is 0 Å². The Labute approximate surface area is 103 Å². The average molecular weight is 282 g/mol. The summed E-state index contributed by atoms with van der Waals surface area (Å²) in [5.41, 5.74) is 0.950. The number of aliphatic hydroxyl groups is 1. The van der Waals surface area contributed by atoms with Gasteiger partial charge in [0.15, 0.2) is 5.78 Å². The van der Waals surface area contributed by atoms with Crippen LogP contribution in [0.4, 0.5) is 5.69 Å². The van der Waals surface area contributed by atoms with Gasteiger partial charge in [-0.3, -0.25) is 9.79 Å². The largest absolute Gasteiger partial charge is 0.512 e. The van der Waals surface area contributed by atoms with Gasteiger partial charge in [-0.05, 0) is 38.1 Å². The van der Waals surface area contributed by atoms with Crippen molar-refractivity contribution in [3.8, 4) is 0 Å². The van der Waals surface area contributed by atoms with Crippen LogP contribution in [0.2, 0.25) is 0 Å². The van der Waals surface area contributed by atoms with Gasteiger partial charge in [0.05, 0.1) is 11.3 Å². The van der Waals surface area contributed by atoms with Crippen LogP contribution in [-0.4, -0.2) is 17.1 Å². The molecule has 0 atom stereocenters. The predicted octanol–water partition coefficient (Wildman–Crippen LogP) is 3.57. The number of aliphatic hydroxyl groups excluding tert-OH is 1. The van der Waals surface area contributed by atoms with Crippen molar-refractivity contribution in [1.82, 2.24) is 0 Å². The van der Waals surface area contributed by atoms with E-state index in [9.17, 15) is 9.90 Å². The van der Waals surface area contributed by atoms with E-state index in [0.29, 0.717) is 0 Å². The average Bonchev–Trinajstić information content (AvgIpc) is 2.20. The summed E-state index contributed by atoms with van der Waals surface area (Å²) >= 11 is 3.32. The molecule has 0 heterocycles. The lowest BCUT2D eigenvalue weighted by atomic mass is 10.2. The summed E-state index contributed by atoms with van der Waals surface area (Å²) < 4.78 is 0.965. The van der Waals surface area contributed by atoms with Gasteiger partial charge in [-0.15, -0.1) is 0 Å². The SMILES string of the molecule is CC(=O)/C(C=Nc1ccc(Br)cc1)=C(\C)O. The highest BCUT2D eigenvalue weighted by molar-refractivity contribution is 9.10. The first-order chi connectivity index (χ1) is 7.50. The first kappa shape index (κ1) is 12.6. The van der Waals surface area contributed by atoms with Crippen molar-refractivity contribution in [2.45, 2.75) is 13.8 Å². The summed E-state index contributed by atoms with van der Waals surface area (Å²) in [4.78, 5) is 15.2. The van der Waals surface area contributed by atoms with Crippen LogP contribution < -0.4 is 0 Å². The van der Waals surface area contributed by atoms with Crippen molar-refractivity contribution in [3.05, 3.63) is 40.1 Å². The van der Waals surface area contributed by atoms with E-state index >= 15 is 0 Å². The maximum atomic E-state index is 11.1. The van der Waals surface area contributed by atoms with Crippen molar-refractivity contribution in [2.24, 2.45) is 4.99 Å². The van der Waals surface area contributed by atoms with Crippen LogP contribution in [0.5, 0.6) is 0 Å². The molecular weight excluding hydrogens is 270 g/mol. The summed E-state index contributed by atoms with van der Waals surface area (Å²) in [5.74, 6) is -0.228. The summed E-state index contributed by atoms with van der Waals surface area (Å²) in [6, 6.07) is 7.33. The molecule has 3 nitrogen and oxygen atoms in total. The molecule has 0 aliphatic heterocycles. The third-order valence-corrected chi connectivity index (χ3v) is 2.47. The number of hydrogen-bond acceptors (Lipinski definition) is 3. The molecule has 0 saturated heterocycles. The van der Waals surface area contributed by atoms with E-state index in [1.54, 1.807) is 0 Å². The Morgan fingerprint density at radius 2 is 1.88 bits per heavy atom. The second kappa shape index (κ2) is 5.61. The number of halogens is 1. The van der Waals surface area contributed by atoms with Crippen LogP contribution in [0.1, 0.15) is 13.8 Å². The number of aliphatic imine (C=N–C) groups is 1. The van der Waals surface area contributed by atoms with E-state index in [1.165, 1.54) is 20.1 Å². The van der Waals surface area contributed by atoms with E-state index in [2.05, 4.69) is 20.9 Å². The number of Topliss-reactive ketones (excluding diaryl/α,β-unsaturated/α-hetero) is 1. The molecule has 0 saturated carbocycles. The zero-order chi connectivity index (χ0) is 12.1. The second-order valence-corrected chi connectivity index (χ2v) is 4.21. The van der Waals surface area contributed by atoms with Gasteiger partial charge < -0.3 is 5.11 Å². The Bertz CT molecular complexity index is 443. The number of ketones is 1. The smallest absolute Gasteiger partial charge is 0.164 e. The number of benzene rings is 1. The van der Waals surface area contributed by atoms with Crippen LogP contribution in [-0.2, 0) is 4.79 Å². The summed E-state index contributed by atoms with van der Waals surface area (Å²) in [5, 5.41) is 9.26. The van der Waals surface area contributed by atoms with Crippen LogP contribution in [0.3, 0.4) is 0 Å². The number of allylic oxidation sites excluding steroid dienone is 2. The van der Waals surface area contributed by atoms with Gasteiger partial charge in [0.25, 0.3) is 0 Å². The summed E-state index contributed by atoms with van der Waals surface area (Å²) in [6.45, 7) is 2.85. The fourth-order valence-electron chi connectivity index (χ4n) is 1.11. The molecule has 0 aliphatic rings. The minimum absolute atomic E-state index is 0.0200. The Morgan fingerprint density at radius 3 is 2.31 bits per heavy atom. The van der Waals surface area contributed by atoms with Gasteiger partial charge in [0.2, 0.25) is 0 Å². The van der Waals surface area contributed by atoms with Gasteiger partial charge in [-0.1, -0.05) is 15.9 Å². The van der Waals surface area contributed by atoms with Crippen LogP contribution in [0.25, 0.3) is 0 Å². The highest BCUT2D eigenvalue weighted by atomic mass is 79.9. The third kappa shape index (κ3) is 3.62. The second-order valence-electron chi connectivity index (χ2n) is 3.29. The third-order valence-electron chi connectivity index (χ3n) is 1.94. The Balaban J connectivity index is 2.92. The van der Waals surface area contributed by atoms with Gasteiger partial charge in [-0.2, -0.15) is 0 Å². The Hall–Kier alpha value is -1.42. The molecule has 4 heteroatoms. The molecule has 0 unspecified atom stereocenters. The lowest BCUT2D eigenvalue weighted by Gasteiger charge is -1.98. The van der Waals surface area contributed by atoms with Crippen molar-refractivity contribution < 1.29 is 9.90 Å². The van der Waals surface area contributed by atoms with Crippen molar-refractivity contribution in [2.75, 3.05) is 0 Å². The quantitative estimate of drug-likeness (QED) is 0.523. The molecule has 16 heavy (non-hydrogen) atoms. The molecule has 0 amide bonds. The molecule has 0 aromatic heterocycles. The topological polar surface area (TPSA) is 49.7 Å². The zero-order valence-electron chi connectivity index (χ0n) is 9.07. The molecule has 1 aromatic carbocycles. The molecule has 1 N–H and O–H groups in total.